The van der Waals surface area contributed by atoms with Crippen LogP contribution in [0.3, 0.4) is 0 Å². The molecule has 0 unspecified atom stereocenters. The monoisotopic (exact) mass is 1700 g/mol. The van der Waals surface area contributed by atoms with Crippen LogP contribution in [0.2, 0.25) is 0 Å². The normalized spacial score (nSPS) is 23.3. The molecule has 16 amide bonds. The van der Waals surface area contributed by atoms with Gasteiger partial charge in [-0.2, -0.15) is 0 Å². The number of amides is 16. The van der Waals surface area contributed by atoms with E-state index in [2.05, 4.69) is 89.7 Å². The maximum atomic E-state index is 15.1. The molecular formula is C80H108N18O22S. The van der Waals surface area contributed by atoms with E-state index in [1.807, 2.05) is 0 Å². The number of rotatable bonds is 21. The number of nitrogens with one attached hydrogen (secondary N) is 16. The van der Waals surface area contributed by atoms with Crippen LogP contribution < -0.4 is 85.5 Å². The average molecular weight is 1710 g/mol. The highest BCUT2D eigenvalue weighted by Crippen LogP contribution is 2.20. The molecule has 41 heteroatoms. The molecule has 2 heterocycles. The molecule has 1 aromatic heterocycles. The number of nitrogens with zero attached hydrogens (tertiary/aromatic N) is 1. The van der Waals surface area contributed by atoms with Crippen molar-refractivity contribution in [2.45, 2.75) is 172 Å². The van der Waals surface area contributed by atoms with Crippen molar-refractivity contribution in [3.8, 4) is 23.0 Å². The standard InChI is InChI=1S/C80H108N18O22S/c1-8-43(6)68-80(120)96-59(30-48-15-23-53(104)24-16-48)76(116)94-58(29-47-13-21-52(103)22-14-47)73(113)87-44(7)69(109)97-62(37-100)79(119)92-55(26-42(4)5)74(114)93-56(27-45-9-17-50(101)18-10-45)71(111)85-34-65(106)89-61(36-99)78(118)91-54(25-41(2)3)70(110)84-35-66(107)90-63(72(112)83-33-64(81)105)38-121-39-67(108)88-57(28-46-11-19-51(102)20-12-46)75(115)95-60(77(117)98-68)31-49-32-82-40-86-49/h9-24,32,40-44,54-63,68,99-104H,8,25-31,33-39H2,1-7H3,(H2,81,105)(H,82,86)(H,83,112)(H,84,110)(H,85,111)(H,87,113)(H,88,108)(H,89,106)(H,90,107)(H,91,118)(H,92,119)(H,93,114)(H,94,116)(H,95,115)(H,96,120)(H,97,109)(H,98,117)/t43-,44-,54-,55-,56-,57-,58-,59+,60-,61-,62-,63-,68-/m0/s1. The number of carbonyl (C=O) groups excluding carboxylic acids is 16. The molecule has 13 atom stereocenters. The number of phenols is 4. The number of thioether (sulfide) groups is 1. The summed E-state index contributed by atoms with van der Waals surface area (Å²) < 4.78 is 0. The number of hydrogen-bond donors (Lipinski definition) is 23. The zero-order valence-electron chi connectivity index (χ0n) is 67.8. The first-order valence-corrected chi connectivity index (χ1v) is 40.2. The van der Waals surface area contributed by atoms with Crippen LogP contribution in [0.25, 0.3) is 0 Å². The highest BCUT2D eigenvalue weighted by Gasteiger charge is 2.38. The van der Waals surface area contributed by atoms with Crippen LogP contribution >= 0.6 is 11.8 Å². The third kappa shape index (κ3) is 33.1. The summed E-state index contributed by atoms with van der Waals surface area (Å²) in [5.41, 5.74) is 7.05. The largest absolute Gasteiger partial charge is 0.508 e. The Labute approximate surface area is 700 Å². The summed E-state index contributed by atoms with van der Waals surface area (Å²) in [5, 5.41) is 99.1. The lowest BCUT2D eigenvalue weighted by Crippen LogP contribution is -2.62. The number of H-pyrrole nitrogens is 1. The molecule has 40 nitrogen and oxygen atoms in total. The van der Waals surface area contributed by atoms with E-state index < -0.39 is 217 Å². The Hall–Kier alpha value is -12.9. The van der Waals surface area contributed by atoms with Crippen LogP contribution in [0.5, 0.6) is 23.0 Å². The topological polar surface area (TPSA) is 630 Å². The minimum Gasteiger partial charge on any atom is -0.508 e. The van der Waals surface area contributed by atoms with E-state index in [1.54, 1.807) is 41.5 Å². The minimum atomic E-state index is -1.84. The fraction of sp³-hybridized carbons (Fsp3) is 0.463. The van der Waals surface area contributed by atoms with Gasteiger partial charge in [0.1, 0.15) is 95.5 Å². The van der Waals surface area contributed by atoms with Crippen molar-refractivity contribution in [3.63, 3.8) is 0 Å². The smallest absolute Gasteiger partial charge is 0.245 e. The van der Waals surface area contributed by atoms with Crippen LogP contribution in [0.15, 0.2) is 110 Å². The Morgan fingerprint density at radius 2 is 0.785 bits per heavy atom. The number of benzene rings is 4. The molecule has 1 fully saturated rings. The summed E-state index contributed by atoms with van der Waals surface area (Å²) in [6, 6.07) is 2.73. The second-order valence-corrected chi connectivity index (χ2v) is 30.9. The van der Waals surface area contributed by atoms with Gasteiger partial charge in [0.05, 0.1) is 44.9 Å². The predicted molar refractivity (Wildman–Crippen MR) is 436 cm³/mol. The summed E-state index contributed by atoms with van der Waals surface area (Å²) in [4.78, 5) is 233. The number of carbonyl (C=O) groups is 16. The Bertz CT molecular complexity index is 4390. The van der Waals surface area contributed by atoms with Gasteiger partial charge in [0.15, 0.2) is 0 Å². The third-order valence-corrected chi connectivity index (χ3v) is 20.0. The zero-order chi connectivity index (χ0) is 89.2. The molecule has 6 rings (SSSR count). The first-order chi connectivity index (χ1) is 57.4. The number of aliphatic hydroxyl groups is 2. The van der Waals surface area contributed by atoms with Gasteiger partial charge in [0.2, 0.25) is 94.5 Å². The Morgan fingerprint density at radius 3 is 1.21 bits per heavy atom. The summed E-state index contributed by atoms with van der Waals surface area (Å²) >= 11 is 0.751. The van der Waals surface area contributed by atoms with Crippen molar-refractivity contribution in [2.24, 2.45) is 23.5 Å². The molecule has 4 aromatic carbocycles. The van der Waals surface area contributed by atoms with Gasteiger partial charge in [0.25, 0.3) is 0 Å². The summed E-state index contributed by atoms with van der Waals surface area (Å²) in [6.45, 7) is 6.62. The molecule has 121 heavy (non-hydrogen) atoms. The van der Waals surface area contributed by atoms with Crippen LogP contribution in [0, 0.1) is 17.8 Å². The summed E-state index contributed by atoms with van der Waals surface area (Å²) in [5.74, 6) is -19.2. The third-order valence-electron chi connectivity index (χ3n) is 19.0. The molecule has 5 aromatic rings. The molecule has 0 aliphatic carbocycles. The maximum absolute atomic E-state index is 15.1. The van der Waals surface area contributed by atoms with Crippen molar-refractivity contribution in [1.82, 2.24) is 89.7 Å². The van der Waals surface area contributed by atoms with E-state index in [9.17, 15) is 97.8 Å². The van der Waals surface area contributed by atoms with E-state index in [4.69, 9.17) is 5.73 Å². The average Bonchev–Trinajstić information content (AvgIpc) is 1.32. The minimum absolute atomic E-state index is 0.0928. The SMILES string of the molecule is CC[C@H](C)[C@@H]1NC(=O)[C@H](Cc2cnc[nH]2)NC(=O)[C@H](Cc2ccc(O)cc2)NC(=O)CSC[C@@H](C(=O)NCC(N)=O)NC(=O)CNC(=O)[C@H](CC(C)C)NC(=O)[C@H](CO)NC(=O)CNC(=O)[C@H](Cc2ccc(O)cc2)NC(=O)[C@H](CC(C)C)NC(=O)[C@H](CO)NC(=O)[C@H](C)NC(=O)[C@H](Cc2ccc(O)cc2)NC(=O)[C@@H](Cc2ccc(O)cc2)NC1=O. The Balaban J connectivity index is 1.38. The van der Waals surface area contributed by atoms with Gasteiger partial charge in [-0.15, -0.1) is 11.8 Å². The van der Waals surface area contributed by atoms with Gasteiger partial charge in [0, 0.05) is 49.7 Å². The molecule has 0 radical (unpaired) electrons. The number of aliphatic hydroxyl groups excluding tert-OH is 2. The first-order valence-electron chi connectivity index (χ1n) is 39.0. The highest BCUT2D eigenvalue weighted by molar-refractivity contribution is 8.00. The molecule has 1 aliphatic heterocycles. The number of aromatic nitrogens is 2. The van der Waals surface area contributed by atoms with Crippen LogP contribution in [0.4, 0.5) is 0 Å². The van der Waals surface area contributed by atoms with E-state index in [0.717, 1.165) is 11.8 Å². The van der Waals surface area contributed by atoms with Crippen molar-refractivity contribution in [2.75, 3.05) is 44.4 Å². The van der Waals surface area contributed by atoms with E-state index >= 15 is 9.59 Å². The molecule has 656 valence electrons. The predicted octanol–water partition coefficient (Wildman–Crippen LogP) is -4.71. The molecule has 0 spiro atoms. The van der Waals surface area contributed by atoms with Crippen LogP contribution in [-0.4, -0.2) is 252 Å². The molecule has 24 N–H and O–H groups in total. The molecular weight excluding hydrogens is 1600 g/mol. The number of hydrogen-bond acceptors (Lipinski definition) is 24. The fourth-order valence-electron chi connectivity index (χ4n) is 12.2. The second kappa shape index (κ2) is 48.2. The first kappa shape index (κ1) is 96.9. The molecule has 1 aliphatic rings. The number of imidazole rings is 1. The molecule has 0 bridgehead atoms. The maximum Gasteiger partial charge on any atom is 0.245 e. The van der Waals surface area contributed by atoms with Crippen LogP contribution in [-0.2, 0) is 109 Å². The van der Waals surface area contributed by atoms with Gasteiger partial charge in [-0.3, -0.25) is 76.7 Å². The van der Waals surface area contributed by atoms with E-state index in [1.165, 1.54) is 117 Å². The quantitative estimate of drug-likeness (QED) is 0.0328. The number of phenolic OH excluding ortho intramolecular Hbond substituents is 4. The summed E-state index contributed by atoms with van der Waals surface area (Å²) in [7, 11) is 0. The number of aromatic amines is 1. The molecule has 0 saturated carbocycles. The van der Waals surface area contributed by atoms with Crippen molar-refractivity contribution < 1.29 is 107 Å². The Morgan fingerprint density at radius 1 is 0.438 bits per heavy atom. The van der Waals surface area contributed by atoms with Gasteiger partial charge >= 0.3 is 0 Å². The Kier molecular flexibility index (Phi) is 38.6. The van der Waals surface area contributed by atoms with Crippen molar-refractivity contribution in [1.29, 1.82) is 0 Å². The van der Waals surface area contributed by atoms with Gasteiger partial charge in [-0.05, 0) is 108 Å². The van der Waals surface area contributed by atoms with Gasteiger partial charge < -0.3 is 121 Å². The number of primary amides is 1. The van der Waals surface area contributed by atoms with E-state index in [-0.39, 0.29) is 86.2 Å². The zero-order valence-corrected chi connectivity index (χ0v) is 68.6. The highest BCUT2D eigenvalue weighted by atomic mass is 32.2. The van der Waals surface area contributed by atoms with Gasteiger partial charge in [-0.25, -0.2) is 4.98 Å². The van der Waals surface area contributed by atoms with E-state index in [0.29, 0.717) is 27.9 Å². The number of aromatic hydroxyl groups is 4. The lowest BCUT2D eigenvalue weighted by Gasteiger charge is -2.30. The number of nitrogens with two attached hydrogens (primary N) is 1. The van der Waals surface area contributed by atoms with Crippen LogP contribution in [0.1, 0.15) is 95.7 Å². The lowest BCUT2D eigenvalue weighted by molar-refractivity contribution is -0.136. The summed E-state index contributed by atoms with van der Waals surface area (Å²) in [6.07, 6.45) is 1.04. The lowest BCUT2D eigenvalue weighted by atomic mass is 9.96. The van der Waals surface area contributed by atoms with Gasteiger partial charge in [-0.1, -0.05) is 96.5 Å². The van der Waals surface area contributed by atoms with Crippen molar-refractivity contribution in [3.05, 3.63) is 138 Å². The van der Waals surface area contributed by atoms with Crippen molar-refractivity contribution >= 4 is 106 Å². The second-order valence-electron chi connectivity index (χ2n) is 29.9. The molecule has 1 saturated heterocycles. The fourth-order valence-corrected chi connectivity index (χ4v) is 13.1.